The maximum absolute atomic E-state index is 14.2. The second-order valence-corrected chi connectivity index (χ2v) is 8.58. The highest BCUT2D eigenvalue weighted by Gasteiger charge is 2.32. The number of rotatable bonds is 4. The van der Waals surface area contributed by atoms with E-state index in [9.17, 15) is 13.9 Å². The molecule has 2 aromatic heterocycles. The number of piperazine rings is 1. The zero-order valence-electron chi connectivity index (χ0n) is 16.9. The maximum atomic E-state index is 14.2. The Kier molecular flexibility index (Phi) is 5.07. The van der Waals surface area contributed by atoms with Gasteiger partial charge in [0.2, 0.25) is 10.8 Å². The molecule has 31 heavy (non-hydrogen) atoms. The maximum Gasteiger partial charge on any atom is 0.230 e. The van der Waals surface area contributed by atoms with Crippen LogP contribution in [0.15, 0.2) is 48.5 Å². The zero-order valence-corrected chi connectivity index (χ0v) is 17.7. The minimum atomic E-state index is -0.311. The van der Waals surface area contributed by atoms with Crippen LogP contribution in [0.3, 0.4) is 0 Å². The number of fused-ring (bicyclic) bond motifs is 1. The van der Waals surface area contributed by atoms with Crippen molar-refractivity contribution < 1.29 is 13.9 Å². The fourth-order valence-electron chi connectivity index (χ4n) is 4.13. The number of anilines is 1. The lowest BCUT2D eigenvalue weighted by atomic mass is 10.0. The van der Waals surface area contributed by atoms with E-state index < -0.39 is 0 Å². The largest absolute Gasteiger partial charge is 0.492 e. The van der Waals surface area contributed by atoms with Crippen LogP contribution < -0.4 is 4.90 Å². The first-order chi connectivity index (χ1) is 15.0. The van der Waals surface area contributed by atoms with Gasteiger partial charge < -0.3 is 10.0 Å². The van der Waals surface area contributed by atoms with Crippen molar-refractivity contribution in [2.24, 2.45) is 0 Å². The van der Waals surface area contributed by atoms with Crippen LogP contribution in [0.2, 0.25) is 0 Å². The van der Waals surface area contributed by atoms with Gasteiger partial charge in [0, 0.05) is 26.2 Å². The van der Waals surface area contributed by atoms with E-state index in [0.717, 1.165) is 5.56 Å². The summed E-state index contributed by atoms with van der Waals surface area (Å²) in [7, 11) is 0. The highest BCUT2D eigenvalue weighted by atomic mass is 32.1. The second kappa shape index (κ2) is 7.90. The Hall–Kier alpha value is -3.04. The number of benzene rings is 2. The van der Waals surface area contributed by atoms with Gasteiger partial charge in [0.15, 0.2) is 0 Å². The summed E-state index contributed by atoms with van der Waals surface area (Å²) in [6, 6.07) is 12.8. The topological polar surface area (TPSA) is 56.9 Å². The van der Waals surface area contributed by atoms with E-state index in [2.05, 4.69) is 15.0 Å². The molecule has 1 fully saturated rings. The second-order valence-electron chi connectivity index (χ2n) is 7.57. The SMILES string of the molecule is Cc1nc2sc(C(c3ccc(F)cc3)N3CCN(c4ccccc4F)CC3)c(O)n2n1. The standard InChI is InChI=1S/C22H21F2N5OS/c1-14-25-22-29(26-14)21(30)20(31-22)19(15-6-8-16(23)9-7-15)28-12-10-27(11-13-28)18-5-3-2-4-17(18)24/h2-9,19,30H,10-13H2,1H3. The molecule has 1 unspecified atom stereocenters. The van der Waals surface area contributed by atoms with E-state index in [1.165, 1.54) is 34.1 Å². The van der Waals surface area contributed by atoms with Crippen LogP contribution in [0.4, 0.5) is 14.5 Å². The van der Waals surface area contributed by atoms with Gasteiger partial charge in [-0.25, -0.2) is 13.8 Å². The van der Waals surface area contributed by atoms with E-state index in [-0.39, 0.29) is 23.6 Å². The predicted octanol–water partition coefficient (Wildman–Crippen LogP) is 3.99. The van der Waals surface area contributed by atoms with Crippen LogP contribution in [0.25, 0.3) is 4.96 Å². The number of aromatic hydroxyl groups is 1. The molecule has 0 amide bonds. The molecular weight excluding hydrogens is 420 g/mol. The highest BCUT2D eigenvalue weighted by molar-refractivity contribution is 7.17. The van der Waals surface area contributed by atoms with Gasteiger partial charge in [-0.3, -0.25) is 4.90 Å². The van der Waals surface area contributed by atoms with E-state index in [0.29, 0.717) is 47.5 Å². The van der Waals surface area contributed by atoms with Crippen molar-refractivity contribution in [3.8, 4) is 5.88 Å². The lowest BCUT2D eigenvalue weighted by Gasteiger charge is -2.40. The number of aryl methyl sites for hydroxylation is 1. The Morgan fingerprint density at radius 3 is 2.39 bits per heavy atom. The quantitative estimate of drug-likeness (QED) is 0.519. The Morgan fingerprint density at radius 2 is 1.71 bits per heavy atom. The van der Waals surface area contributed by atoms with Crippen LogP contribution in [0.1, 0.15) is 22.3 Å². The lowest BCUT2D eigenvalue weighted by molar-refractivity contribution is 0.210. The third-order valence-corrected chi connectivity index (χ3v) is 6.68. The average Bonchev–Trinajstić information content (AvgIpc) is 3.28. The molecule has 1 saturated heterocycles. The van der Waals surface area contributed by atoms with Crippen LogP contribution in [0.5, 0.6) is 5.88 Å². The monoisotopic (exact) mass is 441 g/mol. The molecule has 1 aliphatic heterocycles. The molecule has 1 atom stereocenters. The summed E-state index contributed by atoms with van der Waals surface area (Å²) in [6.45, 7) is 4.36. The first-order valence-corrected chi connectivity index (χ1v) is 10.9. The molecule has 5 rings (SSSR count). The molecule has 0 bridgehead atoms. The average molecular weight is 442 g/mol. The molecule has 9 heteroatoms. The van der Waals surface area contributed by atoms with E-state index >= 15 is 0 Å². The number of thiazole rings is 1. The molecular formula is C22H21F2N5OS. The highest BCUT2D eigenvalue weighted by Crippen LogP contribution is 2.40. The fraction of sp³-hybridized carbons (Fsp3) is 0.273. The van der Waals surface area contributed by atoms with Crippen molar-refractivity contribution >= 4 is 22.0 Å². The number of hydrogen-bond donors (Lipinski definition) is 1. The van der Waals surface area contributed by atoms with Crippen LogP contribution in [0, 0.1) is 18.6 Å². The summed E-state index contributed by atoms with van der Waals surface area (Å²) in [5.74, 6) is 0.0929. The Morgan fingerprint density at radius 1 is 1.00 bits per heavy atom. The molecule has 2 aromatic carbocycles. The minimum absolute atomic E-state index is 0.0476. The van der Waals surface area contributed by atoms with Crippen molar-refractivity contribution in [3.05, 3.63) is 76.4 Å². The number of para-hydroxylation sites is 1. The summed E-state index contributed by atoms with van der Waals surface area (Å²) in [6.07, 6.45) is 0. The van der Waals surface area contributed by atoms with Crippen molar-refractivity contribution in [3.63, 3.8) is 0 Å². The zero-order chi connectivity index (χ0) is 21.5. The van der Waals surface area contributed by atoms with Gasteiger partial charge in [-0.15, -0.1) is 5.10 Å². The first kappa shape index (κ1) is 19.9. The van der Waals surface area contributed by atoms with Crippen molar-refractivity contribution in [1.82, 2.24) is 19.5 Å². The van der Waals surface area contributed by atoms with Gasteiger partial charge in [-0.05, 0) is 36.8 Å². The molecule has 0 saturated carbocycles. The summed E-state index contributed by atoms with van der Waals surface area (Å²) in [4.78, 5) is 9.95. The van der Waals surface area contributed by atoms with Crippen molar-refractivity contribution in [2.45, 2.75) is 13.0 Å². The lowest BCUT2D eigenvalue weighted by Crippen LogP contribution is -2.48. The van der Waals surface area contributed by atoms with Crippen LogP contribution in [-0.4, -0.2) is 50.8 Å². The van der Waals surface area contributed by atoms with Crippen LogP contribution >= 0.6 is 11.3 Å². The minimum Gasteiger partial charge on any atom is -0.492 e. The van der Waals surface area contributed by atoms with E-state index in [1.807, 2.05) is 11.0 Å². The molecule has 0 aliphatic carbocycles. The number of halogens is 2. The molecule has 1 N–H and O–H groups in total. The number of hydrogen-bond acceptors (Lipinski definition) is 6. The third kappa shape index (κ3) is 3.64. The summed E-state index contributed by atoms with van der Waals surface area (Å²) >= 11 is 1.38. The predicted molar refractivity (Wildman–Crippen MR) is 116 cm³/mol. The first-order valence-electron chi connectivity index (χ1n) is 10.1. The fourth-order valence-corrected chi connectivity index (χ4v) is 5.29. The normalized spacial score (nSPS) is 16.2. The number of aromatic nitrogens is 3. The van der Waals surface area contributed by atoms with Crippen LogP contribution in [-0.2, 0) is 0 Å². The Balaban J connectivity index is 1.48. The van der Waals surface area contributed by atoms with Gasteiger partial charge >= 0.3 is 0 Å². The van der Waals surface area contributed by atoms with Crippen molar-refractivity contribution in [1.29, 1.82) is 0 Å². The van der Waals surface area contributed by atoms with Gasteiger partial charge in [0.05, 0.1) is 16.6 Å². The molecule has 4 aromatic rings. The van der Waals surface area contributed by atoms with E-state index in [4.69, 9.17) is 0 Å². The Bertz CT molecular complexity index is 1210. The number of nitrogens with zero attached hydrogens (tertiary/aromatic N) is 5. The third-order valence-electron chi connectivity index (χ3n) is 5.61. The molecule has 160 valence electrons. The van der Waals surface area contributed by atoms with Crippen molar-refractivity contribution in [2.75, 3.05) is 31.1 Å². The smallest absolute Gasteiger partial charge is 0.230 e. The molecule has 1 aliphatic rings. The summed E-state index contributed by atoms with van der Waals surface area (Å²) < 4.78 is 29.3. The molecule has 0 spiro atoms. The van der Waals surface area contributed by atoms with Gasteiger partial charge in [-0.1, -0.05) is 35.6 Å². The summed E-state index contributed by atoms with van der Waals surface area (Å²) in [5.41, 5.74) is 1.47. The molecule has 0 radical (unpaired) electrons. The van der Waals surface area contributed by atoms with Gasteiger partial charge in [-0.2, -0.15) is 4.52 Å². The van der Waals surface area contributed by atoms with Gasteiger partial charge in [0.1, 0.15) is 17.5 Å². The van der Waals surface area contributed by atoms with E-state index in [1.54, 1.807) is 31.2 Å². The summed E-state index contributed by atoms with van der Waals surface area (Å²) in [5, 5.41) is 15.2. The Labute approximate surface area is 182 Å². The van der Waals surface area contributed by atoms with Gasteiger partial charge in [0.25, 0.3) is 0 Å². The molecule has 3 heterocycles. The molecule has 6 nitrogen and oxygen atoms in total.